The van der Waals surface area contributed by atoms with E-state index < -0.39 is 0 Å². The van der Waals surface area contributed by atoms with Crippen molar-refractivity contribution in [1.82, 2.24) is 20.4 Å². The quantitative estimate of drug-likeness (QED) is 0.739. The highest BCUT2D eigenvalue weighted by atomic mass is 16.5. The Kier molecular flexibility index (Phi) is 6.28. The van der Waals surface area contributed by atoms with Gasteiger partial charge in [0.1, 0.15) is 0 Å². The van der Waals surface area contributed by atoms with E-state index in [1.54, 1.807) is 6.92 Å². The number of hydrogen-bond acceptors (Lipinski definition) is 5. The van der Waals surface area contributed by atoms with Crippen molar-refractivity contribution < 1.29 is 9.53 Å². The van der Waals surface area contributed by atoms with Crippen LogP contribution in [-0.2, 0) is 9.53 Å². The van der Waals surface area contributed by atoms with Crippen LogP contribution >= 0.6 is 0 Å². The van der Waals surface area contributed by atoms with Crippen molar-refractivity contribution in [2.75, 3.05) is 59.0 Å². The topological polar surface area (TPSA) is 56.8 Å². The van der Waals surface area contributed by atoms with Crippen LogP contribution in [0.3, 0.4) is 0 Å². The summed E-state index contributed by atoms with van der Waals surface area (Å²) in [6, 6.07) is 1.16. The molecule has 3 fully saturated rings. The van der Waals surface area contributed by atoms with Gasteiger partial charge in [0.15, 0.2) is 0 Å². The maximum absolute atomic E-state index is 11.4. The van der Waals surface area contributed by atoms with Gasteiger partial charge in [-0.3, -0.25) is 9.69 Å². The van der Waals surface area contributed by atoms with E-state index in [0.717, 1.165) is 59.0 Å². The van der Waals surface area contributed by atoms with Crippen LogP contribution in [0.15, 0.2) is 0 Å². The number of hydrogen-bond donors (Lipinski definition) is 2. The average molecular weight is 324 g/mol. The summed E-state index contributed by atoms with van der Waals surface area (Å²) in [6.07, 6.45) is 3.94. The third-order valence-corrected chi connectivity index (χ3v) is 5.69. The largest absolute Gasteiger partial charge is 0.379 e. The van der Waals surface area contributed by atoms with Gasteiger partial charge in [0.25, 0.3) is 0 Å². The van der Waals surface area contributed by atoms with Crippen LogP contribution in [0.4, 0.5) is 0 Å². The highest BCUT2D eigenvalue weighted by molar-refractivity contribution is 5.73. The SMILES string of the molecule is CC(=O)N1CCN(CCNC2CCCC2C2COCCN2)CC1. The van der Waals surface area contributed by atoms with Crippen LogP contribution in [0.5, 0.6) is 0 Å². The molecular formula is C17H32N4O2. The Morgan fingerprint density at radius 3 is 2.78 bits per heavy atom. The molecule has 6 heteroatoms. The Labute approximate surface area is 139 Å². The lowest BCUT2D eigenvalue weighted by Gasteiger charge is -2.35. The number of rotatable bonds is 5. The van der Waals surface area contributed by atoms with Crippen LogP contribution in [0.25, 0.3) is 0 Å². The van der Waals surface area contributed by atoms with E-state index in [1.807, 2.05) is 4.90 Å². The summed E-state index contributed by atoms with van der Waals surface area (Å²) in [5.41, 5.74) is 0. The minimum absolute atomic E-state index is 0.207. The smallest absolute Gasteiger partial charge is 0.219 e. The van der Waals surface area contributed by atoms with Gasteiger partial charge in [0.05, 0.1) is 13.2 Å². The van der Waals surface area contributed by atoms with Crippen molar-refractivity contribution in [3.63, 3.8) is 0 Å². The highest BCUT2D eigenvalue weighted by Crippen LogP contribution is 2.29. The Bertz CT molecular complexity index is 379. The van der Waals surface area contributed by atoms with E-state index in [2.05, 4.69) is 15.5 Å². The van der Waals surface area contributed by atoms with Crippen LogP contribution in [0.2, 0.25) is 0 Å². The summed E-state index contributed by atoms with van der Waals surface area (Å²) in [5, 5.41) is 7.43. The lowest BCUT2D eigenvalue weighted by Crippen LogP contribution is -2.52. The van der Waals surface area contributed by atoms with Crippen molar-refractivity contribution in [3.05, 3.63) is 0 Å². The van der Waals surface area contributed by atoms with Gasteiger partial charge in [-0.05, 0) is 18.8 Å². The predicted molar refractivity (Wildman–Crippen MR) is 90.4 cm³/mol. The minimum Gasteiger partial charge on any atom is -0.379 e. The Hall–Kier alpha value is -0.690. The molecule has 0 spiro atoms. The third-order valence-electron chi connectivity index (χ3n) is 5.69. The van der Waals surface area contributed by atoms with Gasteiger partial charge in [0, 0.05) is 64.8 Å². The summed E-state index contributed by atoms with van der Waals surface area (Å²) >= 11 is 0. The van der Waals surface area contributed by atoms with Crippen LogP contribution in [0, 0.1) is 5.92 Å². The molecule has 2 saturated heterocycles. The molecule has 0 bridgehead atoms. The zero-order valence-electron chi connectivity index (χ0n) is 14.4. The van der Waals surface area contributed by atoms with Crippen molar-refractivity contribution in [2.24, 2.45) is 5.92 Å². The van der Waals surface area contributed by atoms with Crippen molar-refractivity contribution in [2.45, 2.75) is 38.3 Å². The minimum atomic E-state index is 0.207. The fourth-order valence-corrected chi connectivity index (χ4v) is 4.28. The number of amides is 1. The first-order valence-corrected chi connectivity index (χ1v) is 9.26. The number of morpholine rings is 1. The molecular weight excluding hydrogens is 292 g/mol. The third kappa shape index (κ3) is 4.66. The van der Waals surface area contributed by atoms with E-state index in [1.165, 1.54) is 19.3 Å². The number of piperazine rings is 1. The van der Waals surface area contributed by atoms with Crippen LogP contribution in [-0.4, -0.2) is 86.8 Å². The van der Waals surface area contributed by atoms with E-state index in [4.69, 9.17) is 4.74 Å². The van der Waals surface area contributed by atoms with Crippen LogP contribution in [0.1, 0.15) is 26.2 Å². The Balaban J connectivity index is 1.36. The van der Waals surface area contributed by atoms with Gasteiger partial charge in [-0.15, -0.1) is 0 Å². The molecule has 2 aliphatic heterocycles. The normalized spacial score (nSPS) is 33.1. The highest BCUT2D eigenvalue weighted by Gasteiger charge is 2.34. The maximum atomic E-state index is 11.4. The number of carbonyl (C=O) groups excluding carboxylic acids is 1. The molecule has 2 N–H and O–H groups in total. The monoisotopic (exact) mass is 324 g/mol. The van der Waals surface area contributed by atoms with Crippen molar-refractivity contribution in [1.29, 1.82) is 0 Å². The van der Waals surface area contributed by atoms with E-state index in [0.29, 0.717) is 18.0 Å². The number of carbonyl (C=O) groups is 1. The molecule has 0 aromatic heterocycles. The lowest BCUT2D eigenvalue weighted by molar-refractivity contribution is -0.130. The van der Waals surface area contributed by atoms with Crippen molar-refractivity contribution >= 4 is 5.91 Å². The first kappa shape index (κ1) is 17.1. The van der Waals surface area contributed by atoms with Gasteiger partial charge in [0.2, 0.25) is 5.91 Å². The van der Waals surface area contributed by atoms with Gasteiger partial charge < -0.3 is 20.3 Å². The van der Waals surface area contributed by atoms with E-state index in [9.17, 15) is 4.79 Å². The summed E-state index contributed by atoms with van der Waals surface area (Å²) in [4.78, 5) is 15.8. The number of nitrogens with one attached hydrogen (secondary N) is 2. The zero-order valence-corrected chi connectivity index (χ0v) is 14.4. The fourth-order valence-electron chi connectivity index (χ4n) is 4.28. The van der Waals surface area contributed by atoms with E-state index in [-0.39, 0.29) is 5.91 Å². The number of ether oxygens (including phenoxy) is 1. The fraction of sp³-hybridized carbons (Fsp3) is 0.941. The second-order valence-electron chi connectivity index (χ2n) is 7.14. The maximum Gasteiger partial charge on any atom is 0.219 e. The Morgan fingerprint density at radius 2 is 2.09 bits per heavy atom. The summed E-state index contributed by atoms with van der Waals surface area (Å²) in [5.74, 6) is 0.920. The molecule has 1 saturated carbocycles. The lowest BCUT2D eigenvalue weighted by atomic mass is 9.94. The molecule has 0 aromatic carbocycles. The molecule has 2 heterocycles. The first-order valence-electron chi connectivity index (χ1n) is 9.26. The standard InChI is InChI=1S/C17H32N4O2/c1-14(22)21-10-8-20(9-11-21)7-5-18-16-4-2-3-15(16)17-13-23-12-6-19-17/h15-19H,2-13H2,1H3. The second kappa shape index (κ2) is 8.42. The molecule has 132 valence electrons. The second-order valence-corrected chi connectivity index (χ2v) is 7.14. The molecule has 0 aromatic rings. The molecule has 1 amide bonds. The van der Waals surface area contributed by atoms with Gasteiger partial charge in [-0.2, -0.15) is 0 Å². The predicted octanol–water partition coefficient (Wildman–Crippen LogP) is -0.103. The summed E-state index contributed by atoms with van der Waals surface area (Å²) in [6.45, 7) is 10.3. The molecule has 3 atom stereocenters. The first-order chi connectivity index (χ1) is 11.2. The Morgan fingerprint density at radius 1 is 1.26 bits per heavy atom. The summed E-state index contributed by atoms with van der Waals surface area (Å²) in [7, 11) is 0. The molecule has 3 rings (SSSR count). The van der Waals surface area contributed by atoms with Gasteiger partial charge in [-0.1, -0.05) is 6.42 Å². The molecule has 0 radical (unpaired) electrons. The molecule has 3 aliphatic rings. The zero-order chi connectivity index (χ0) is 16.1. The van der Waals surface area contributed by atoms with Crippen molar-refractivity contribution in [3.8, 4) is 0 Å². The van der Waals surface area contributed by atoms with Gasteiger partial charge in [-0.25, -0.2) is 0 Å². The molecule has 3 unspecified atom stereocenters. The molecule has 6 nitrogen and oxygen atoms in total. The number of nitrogens with zero attached hydrogens (tertiary/aromatic N) is 2. The molecule has 23 heavy (non-hydrogen) atoms. The summed E-state index contributed by atoms with van der Waals surface area (Å²) < 4.78 is 5.64. The van der Waals surface area contributed by atoms with Gasteiger partial charge >= 0.3 is 0 Å². The van der Waals surface area contributed by atoms with Crippen LogP contribution < -0.4 is 10.6 Å². The van der Waals surface area contributed by atoms with E-state index >= 15 is 0 Å². The average Bonchev–Trinajstić information content (AvgIpc) is 3.05. The molecule has 1 aliphatic carbocycles.